The number of aromatic nitrogens is 1. The fourth-order valence-corrected chi connectivity index (χ4v) is 4.64. The van der Waals surface area contributed by atoms with Crippen LogP contribution < -0.4 is 10.6 Å². The zero-order valence-corrected chi connectivity index (χ0v) is 19.0. The molecular weight excluding hydrogens is 455 g/mol. The van der Waals surface area contributed by atoms with Crippen molar-refractivity contribution in [2.45, 2.75) is 24.5 Å². The van der Waals surface area contributed by atoms with Crippen LogP contribution in [0.15, 0.2) is 71.8 Å². The van der Waals surface area contributed by atoms with Gasteiger partial charge in [-0.3, -0.25) is 3.97 Å². The number of fused-ring (bicyclic) bond motifs is 1. The van der Waals surface area contributed by atoms with Crippen molar-refractivity contribution >= 4 is 45.8 Å². The molecule has 3 aromatic carbocycles. The van der Waals surface area contributed by atoms with Crippen molar-refractivity contribution in [3.8, 4) is 0 Å². The maximum Gasteiger partial charge on any atom is 0.416 e. The van der Waals surface area contributed by atoms with E-state index in [1.54, 1.807) is 0 Å². The van der Waals surface area contributed by atoms with Gasteiger partial charge in [0.25, 0.3) is 0 Å². The number of nitrogens with one attached hydrogen (secondary N) is 2. The van der Waals surface area contributed by atoms with Gasteiger partial charge in [0.05, 0.1) is 21.8 Å². The van der Waals surface area contributed by atoms with E-state index in [1.807, 2.05) is 60.5 Å². The second-order valence-electron chi connectivity index (χ2n) is 7.46. The Morgan fingerprint density at radius 2 is 1.75 bits per heavy atom. The molecular formula is C24H21ClF3N3S. The molecule has 0 atom stereocenters. The Balaban J connectivity index is 1.68. The van der Waals surface area contributed by atoms with E-state index in [1.165, 1.54) is 24.1 Å². The van der Waals surface area contributed by atoms with Gasteiger partial charge in [-0.05, 0) is 85.6 Å². The zero-order chi connectivity index (χ0) is 22.9. The maximum absolute atomic E-state index is 12.9. The molecule has 0 saturated carbocycles. The molecule has 0 aliphatic carbocycles. The fourth-order valence-electron chi connectivity index (χ4n) is 3.45. The summed E-state index contributed by atoms with van der Waals surface area (Å²) in [5.41, 5.74) is 4.15. The van der Waals surface area contributed by atoms with Gasteiger partial charge in [-0.1, -0.05) is 23.7 Å². The van der Waals surface area contributed by atoms with Crippen LogP contribution in [0.4, 0.5) is 24.5 Å². The highest BCUT2D eigenvalue weighted by molar-refractivity contribution is 7.98. The summed E-state index contributed by atoms with van der Waals surface area (Å²) >= 11 is 7.74. The summed E-state index contributed by atoms with van der Waals surface area (Å²) < 4.78 is 40.6. The minimum absolute atomic E-state index is 0.635. The van der Waals surface area contributed by atoms with E-state index in [4.69, 9.17) is 11.6 Å². The van der Waals surface area contributed by atoms with Crippen LogP contribution in [-0.2, 0) is 12.7 Å². The number of rotatable bonds is 6. The quantitative estimate of drug-likeness (QED) is 0.300. The molecule has 3 nitrogen and oxygen atoms in total. The summed E-state index contributed by atoms with van der Waals surface area (Å²) in [6, 6.07) is 17.1. The first-order chi connectivity index (χ1) is 15.2. The Bertz CT molecular complexity index is 1250. The summed E-state index contributed by atoms with van der Waals surface area (Å²) in [4.78, 5) is 0.714. The third-order valence-electron chi connectivity index (χ3n) is 5.01. The first kappa shape index (κ1) is 22.6. The lowest BCUT2D eigenvalue weighted by Crippen LogP contribution is -2.04. The van der Waals surface area contributed by atoms with Gasteiger partial charge in [0.1, 0.15) is 0 Å². The highest BCUT2D eigenvalue weighted by Crippen LogP contribution is 2.35. The third kappa shape index (κ3) is 4.90. The van der Waals surface area contributed by atoms with Crippen LogP contribution in [0.3, 0.4) is 0 Å². The largest absolute Gasteiger partial charge is 0.416 e. The Morgan fingerprint density at radius 3 is 2.41 bits per heavy atom. The molecule has 0 amide bonds. The average Bonchev–Trinajstić information content (AvgIpc) is 3.07. The molecule has 0 bridgehead atoms. The highest BCUT2D eigenvalue weighted by Gasteiger charge is 2.30. The van der Waals surface area contributed by atoms with Crippen LogP contribution in [0, 0.1) is 6.92 Å². The Hall–Kier alpha value is -2.61. The lowest BCUT2D eigenvalue weighted by atomic mass is 10.1. The van der Waals surface area contributed by atoms with Crippen molar-refractivity contribution in [1.82, 2.24) is 9.29 Å². The summed E-state index contributed by atoms with van der Waals surface area (Å²) in [5.74, 6) is 0. The van der Waals surface area contributed by atoms with Gasteiger partial charge in [0.2, 0.25) is 0 Å². The van der Waals surface area contributed by atoms with Crippen LogP contribution in [0.5, 0.6) is 0 Å². The first-order valence-corrected chi connectivity index (χ1v) is 11.1. The Morgan fingerprint density at radius 1 is 1.00 bits per heavy atom. The topological polar surface area (TPSA) is 29.0 Å². The van der Waals surface area contributed by atoms with Crippen LogP contribution in [0.1, 0.15) is 16.7 Å². The summed E-state index contributed by atoms with van der Waals surface area (Å²) in [6.45, 7) is 2.66. The standard InChI is InChI=1S/C24H21ClF3N3S/c1-15-3-10-22(21(25)11-15)30-18-6-9-20-16(13-29-2)14-31(23(20)12-18)32-19-7-4-17(5-8-19)24(26,27)28/h3-12,14,29-30H,13H2,1-2H3. The van der Waals surface area contributed by atoms with Gasteiger partial charge in [-0.2, -0.15) is 13.2 Å². The van der Waals surface area contributed by atoms with Crippen LogP contribution in [-0.4, -0.2) is 11.0 Å². The minimum Gasteiger partial charge on any atom is -0.354 e. The molecule has 1 heterocycles. The summed E-state index contributed by atoms with van der Waals surface area (Å²) in [5, 5.41) is 8.22. The second kappa shape index (κ2) is 9.10. The van der Waals surface area contributed by atoms with Crippen LogP contribution >= 0.6 is 23.5 Å². The smallest absolute Gasteiger partial charge is 0.354 e. The van der Waals surface area contributed by atoms with Crippen molar-refractivity contribution in [2.75, 3.05) is 12.4 Å². The number of nitrogens with zero attached hydrogens (tertiary/aromatic N) is 1. The molecule has 0 spiro atoms. The van der Waals surface area contributed by atoms with Gasteiger partial charge in [0.15, 0.2) is 0 Å². The van der Waals surface area contributed by atoms with E-state index < -0.39 is 11.7 Å². The van der Waals surface area contributed by atoms with E-state index in [0.717, 1.165) is 45.5 Å². The van der Waals surface area contributed by atoms with Crippen molar-refractivity contribution in [3.63, 3.8) is 0 Å². The van der Waals surface area contributed by atoms with Crippen LogP contribution in [0.25, 0.3) is 10.9 Å². The Kier molecular flexibility index (Phi) is 6.42. The monoisotopic (exact) mass is 475 g/mol. The molecule has 0 radical (unpaired) electrons. The normalized spacial score (nSPS) is 11.8. The van der Waals surface area contributed by atoms with E-state index in [9.17, 15) is 13.2 Å². The number of anilines is 2. The van der Waals surface area contributed by atoms with Gasteiger partial charge in [0, 0.05) is 28.7 Å². The van der Waals surface area contributed by atoms with Crippen molar-refractivity contribution in [3.05, 3.63) is 88.6 Å². The van der Waals surface area contributed by atoms with Gasteiger partial charge in [-0.25, -0.2) is 0 Å². The van der Waals surface area contributed by atoms with Gasteiger partial charge < -0.3 is 10.6 Å². The number of benzene rings is 3. The number of halogens is 4. The Labute approximate surface area is 193 Å². The first-order valence-electron chi connectivity index (χ1n) is 9.92. The predicted molar refractivity (Wildman–Crippen MR) is 127 cm³/mol. The molecule has 8 heteroatoms. The lowest BCUT2D eigenvalue weighted by molar-refractivity contribution is -0.137. The number of aryl methyl sites for hydroxylation is 1. The van der Waals surface area contributed by atoms with Crippen molar-refractivity contribution < 1.29 is 13.2 Å². The molecule has 4 aromatic rings. The average molecular weight is 476 g/mol. The third-order valence-corrected chi connectivity index (χ3v) is 6.30. The molecule has 2 N–H and O–H groups in total. The van der Waals surface area contributed by atoms with E-state index >= 15 is 0 Å². The fraction of sp³-hybridized carbons (Fsp3) is 0.167. The van der Waals surface area contributed by atoms with Gasteiger partial charge >= 0.3 is 6.18 Å². The van der Waals surface area contributed by atoms with E-state index in [0.29, 0.717) is 16.5 Å². The summed E-state index contributed by atoms with van der Waals surface area (Å²) in [6.07, 6.45) is -2.34. The second-order valence-corrected chi connectivity index (χ2v) is 8.92. The predicted octanol–water partition coefficient (Wildman–Crippen LogP) is 7.64. The lowest BCUT2D eigenvalue weighted by Gasteiger charge is -2.11. The number of hydrogen-bond donors (Lipinski definition) is 2. The van der Waals surface area contributed by atoms with E-state index in [2.05, 4.69) is 10.6 Å². The number of hydrogen-bond acceptors (Lipinski definition) is 3. The maximum atomic E-state index is 12.9. The van der Waals surface area contributed by atoms with Crippen molar-refractivity contribution in [2.24, 2.45) is 0 Å². The molecule has 32 heavy (non-hydrogen) atoms. The minimum atomic E-state index is -4.35. The molecule has 0 aliphatic heterocycles. The molecule has 4 rings (SSSR count). The molecule has 0 fully saturated rings. The molecule has 1 aromatic heterocycles. The van der Waals surface area contributed by atoms with Crippen LogP contribution in [0.2, 0.25) is 5.02 Å². The number of alkyl halides is 3. The SMILES string of the molecule is CNCc1cn(Sc2ccc(C(F)(F)F)cc2)c2cc(Nc3ccc(C)cc3Cl)ccc12. The van der Waals surface area contributed by atoms with Gasteiger partial charge in [-0.15, -0.1) is 0 Å². The molecule has 0 saturated heterocycles. The molecule has 166 valence electrons. The molecule has 0 unspecified atom stereocenters. The van der Waals surface area contributed by atoms with E-state index in [-0.39, 0.29) is 0 Å². The van der Waals surface area contributed by atoms with Crippen molar-refractivity contribution in [1.29, 1.82) is 0 Å². The summed E-state index contributed by atoms with van der Waals surface area (Å²) in [7, 11) is 1.88. The zero-order valence-electron chi connectivity index (χ0n) is 17.4. The highest BCUT2D eigenvalue weighted by atomic mass is 35.5. The molecule has 0 aliphatic rings.